The van der Waals surface area contributed by atoms with E-state index in [0.717, 1.165) is 11.8 Å². The monoisotopic (exact) mass is 141 g/mol. The smallest absolute Gasteiger partial charge is 0.00384 e. The molecule has 3 atom stereocenters. The van der Waals surface area contributed by atoms with E-state index in [1.807, 2.05) is 7.05 Å². The maximum Gasteiger partial charge on any atom is 0.00384 e. The van der Waals surface area contributed by atoms with E-state index in [2.05, 4.69) is 19.2 Å². The first kappa shape index (κ1) is 8.06. The molecule has 0 aromatic carbocycles. The maximum atomic E-state index is 3.28. The van der Waals surface area contributed by atoms with Gasteiger partial charge in [0.05, 0.1) is 0 Å². The van der Waals surface area contributed by atoms with Gasteiger partial charge in [-0.3, -0.25) is 0 Å². The van der Waals surface area contributed by atoms with E-state index in [0.29, 0.717) is 6.04 Å². The van der Waals surface area contributed by atoms with Crippen LogP contribution < -0.4 is 5.32 Å². The minimum atomic E-state index is 0.716. The van der Waals surface area contributed by atoms with Gasteiger partial charge in [0, 0.05) is 6.04 Å². The molecule has 1 saturated carbocycles. The van der Waals surface area contributed by atoms with Crippen molar-refractivity contribution in [3.63, 3.8) is 0 Å². The first-order valence-corrected chi connectivity index (χ1v) is 4.41. The molecule has 0 radical (unpaired) electrons. The van der Waals surface area contributed by atoms with Crippen LogP contribution in [-0.2, 0) is 0 Å². The highest BCUT2D eigenvalue weighted by Crippen LogP contribution is 2.36. The van der Waals surface area contributed by atoms with Gasteiger partial charge in [-0.05, 0) is 38.6 Å². The van der Waals surface area contributed by atoms with E-state index >= 15 is 0 Å². The Hall–Kier alpha value is -0.0400. The molecule has 0 aliphatic heterocycles. The van der Waals surface area contributed by atoms with Gasteiger partial charge in [-0.15, -0.1) is 0 Å². The maximum absolute atomic E-state index is 3.28. The molecule has 0 saturated heterocycles. The van der Waals surface area contributed by atoms with Crippen molar-refractivity contribution in [2.24, 2.45) is 11.8 Å². The van der Waals surface area contributed by atoms with Gasteiger partial charge >= 0.3 is 0 Å². The molecule has 0 spiro atoms. The fourth-order valence-corrected chi connectivity index (χ4v) is 1.66. The number of hydrogen-bond acceptors (Lipinski definition) is 1. The van der Waals surface area contributed by atoms with Crippen LogP contribution in [0, 0.1) is 11.8 Å². The van der Waals surface area contributed by atoms with Gasteiger partial charge in [0.25, 0.3) is 0 Å². The molecule has 60 valence electrons. The summed E-state index contributed by atoms with van der Waals surface area (Å²) in [5.74, 6) is 2.01. The molecule has 1 aliphatic carbocycles. The second-order valence-corrected chi connectivity index (χ2v) is 3.74. The Labute approximate surface area is 64.2 Å². The van der Waals surface area contributed by atoms with Crippen molar-refractivity contribution in [2.75, 3.05) is 7.05 Å². The summed E-state index contributed by atoms with van der Waals surface area (Å²) in [4.78, 5) is 0. The van der Waals surface area contributed by atoms with Crippen molar-refractivity contribution in [3.8, 4) is 0 Å². The average molecular weight is 141 g/mol. The number of rotatable bonds is 3. The predicted molar refractivity (Wildman–Crippen MR) is 45.0 cm³/mol. The minimum absolute atomic E-state index is 0.716. The lowest BCUT2D eigenvalue weighted by Crippen LogP contribution is -2.31. The first-order valence-electron chi connectivity index (χ1n) is 4.41. The summed E-state index contributed by atoms with van der Waals surface area (Å²) in [6.45, 7) is 4.64. The molecule has 1 N–H and O–H groups in total. The van der Waals surface area contributed by atoms with E-state index < -0.39 is 0 Å². The van der Waals surface area contributed by atoms with Gasteiger partial charge in [0.15, 0.2) is 0 Å². The third-order valence-electron chi connectivity index (χ3n) is 2.95. The molecule has 1 nitrogen and oxygen atoms in total. The van der Waals surface area contributed by atoms with E-state index in [9.17, 15) is 0 Å². The van der Waals surface area contributed by atoms with Gasteiger partial charge in [0.1, 0.15) is 0 Å². The summed E-state index contributed by atoms with van der Waals surface area (Å²) < 4.78 is 0. The summed E-state index contributed by atoms with van der Waals surface area (Å²) in [6.07, 6.45) is 4.30. The lowest BCUT2D eigenvalue weighted by molar-refractivity contribution is 0.170. The Balaban J connectivity index is 2.12. The molecule has 0 aromatic heterocycles. The summed E-state index contributed by atoms with van der Waals surface area (Å²) in [5, 5.41) is 3.28. The summed E-state index contributed by atoms with van der Waals surface area (Å²) in [6, 6.07) is 0.716. The van der Waals surface area contributed by atoms with Crippen LogP contribution in [-0.4, -0.2) is 13.1 Å². The second-order valence-electron chi connectivity index (χ2n) is 3.74. The zero-order valence-corrected chi connectivity index (χ0v) is 7.35. The molecule has 1 rings (SSSR count). The highest BCUT2D eigenvalue weighted by atomic mass is 14.9. The molecule has 1 aliphatic rings. The molecule has 10 heavy (non-hydrogen) atoms. The molecule has 0 aromatic rings. The lowest BCUT2D eigenvalue weighted by atomic mass is 9.72. The molecular weight excluding hydrogens is 122 g/mol. The van der Waals surface area contributed by atoms with E-state index in [1.54, 1.807) is 0 Å². The normalized spacial score (nSPS) is 35.1. The molecule has 1 heteroatoms. The number of nitrogens with one attached hydrogen (secondary N) is 1. The van der Waals surface area contributed by atoms with Crippen LogP contribution >= 0.6 is 0 Å². The van der Waals surface area contributed by atoms with Crippen LogP contribution in [0.5, 0.6) is 0 Å². The second kappa shape index (κ2) is 3.38. The zero-order chi connectivity index (χ0) is 7.56. The van der Waals surface area contributed by atoms with Gasteiger partial charge in [-0.1, -0.05) is 13.3 Å². The largest absolute Gasteiger partial charge is 0.317 e. The fraction of sp³-hybridized carbons (Fsp3) is 1.00. The third-order valence-corrected chi connectivity index (χ3v) is 2.95. The van der Waals surface area contributed by atoms with Crippen molar-refractivity contribution < 1.29 is 0 Å². The first-order chi connectivity index (χ1) is 4.74. The molecule has 0 heterocycles. The molecule has 0 bridgehead atoms. The van der Waals surface area contributed by atoms with Crippen LogP contribution in [0.1, 0.15) is 33.1 Å². The van der Waals surface area contributed by atoms with Crippen molar-refractivity contribution in [2.45, 2.75) is 39.2 Å². The molecule has 0 unspecified atom stereocenters. The Bertz CT molecular complexity index is 101. The quantitative estimate of drug-likeness (QED) is 0.634. The highest BCUT2D eigenvalue weighted by molar-refractivity contribution is 4.79. The van der Waals surface area contributed by atoms with Crippen molar-refractivity contribution in [1.29, 1.82) is 0 Å². The summed E-state index contributed by atoms with van der Waals surface area (Å²) >= 11 is 0. The zero-order valence-electron chi connectivity index (χ0n) is 7.35. The van der Waals surface area contributed by atoms with Gasteiger partial charge in [0.2, 0.25) is 0 Å². The van der Waals surface area contributed by atoms with Gasteiger partial charge in [-0.2, -0.15) is 0 Å². The number of hydrogen-bond donors (Lipinski definition) is 1. The Morgan fingerprint density at radius 1 is 1.50 bits per heavy atom. The molecule has 0 amide bonds. The SMILES string of the molecule is CN[C@@H](C)C[C@H]1CC[C@H]1C. The van der Waals surface area contributed by atoms with Crippen molar-refractivity contribution in [3.05, 3.63) is 0 Å². The van der Waals surface area contributed by atoms with E-state index in [4.69, 9.17) is 0 Å². The standard InChI is InChI=1S/C9H19N/c1-7-4-5-9(7)6-8(2)10-3/h7-10H,4-6H2,1-3H3/t7-,8+,9-/m1/s1. The van der Waals surface area contributed by atoms with E-state index in [1.165, 1.54) is 19.3 Å². The average Bonchev–Trinajstić information content (AvgIpc) is 1.96. The topological polar surface area (TPSA) is 12.0 Å². The van der Waals surface area contributed by atoms with Crippen molar-refractivity contribution >= 4 is 0 Å². The summed E-state index contributed by atoms with van der Waals surface area (Å²) in [5.41, 5.74) is 0. The van der Waals surface area contributed by atoms with Gasteiger partial charge < -0.3 is 5.32 Å². The van der Waals surface area contributed by atoms with Crippen LogP contribution in [0.2, 0.25) is 0 Å². The van der Waals surface area contributed by atoms with E-state index in [-0.39, 0.29) is 0 Å². The van der Waals surface area contributed by atoms with Gasteiger partial charge in [-0.25, -0.2) is 0 Å². The Morgan fingerprint density at radius 3 is 2.50 bits per heavy atom. The highest BCUT2D eigenvalue weighted by Gasteiger charge is 2.27. The predicted octanol–water partition coefficient (Wildman–Crippen LogP) is 2.03. The van der Waals surface area contributed by atoms with Crippen LogP contribution in [0.4, 0.5) is 0 Å². The lowest BCUT2D eigenvalue weighted by Gasteiger charge is -2.35. The van der Waals surface area contributed by atoms with Crippen LogP contribution in [0.3, 0.4) is 0 Å². The molecular formula is C9H19N. The summed E-state index contributed by atoms with van der Waals surface area (Å²) in [7, 11) is 2.05. The van der Waals surface area contributed by atoms with Crippen LogP contribution in [0.15, 0.2) is 0 Å². The minimum Gasteiger partial charge on any atom is -0.317 e. The fourth-order valence-electron chi connectivity index (χ4n) is 1.66. The van der Waals surface area contributed by atoms with Crippen LogP contribution in [0.25, 0.3) is 0 Å². The van der Waals surface area contributed by atoms with Crippen molar-refractivity contribution in [1.82, 2.24) is 5.32 Å². The Morgan fingerprint density at radius 2 is 2.20 bits per heavy atom. The Kier molecular flexibility index (Phi) is 2.72. The molecule has 1 fully saturated rings. The third kappa shape index (κ3) is 1.72.